The first-order valence-electron chi connectivity index (χ1n) is 7.78. The highest BCUT2D eigenvalue weighted by atomic mass is 16.5. The molecule has 23 heavy (non-hydrogen) atoms. The fraction of sp³-hybridized carbons (Fsp3) is 0.562. The van der Waals surface area contributed by atoms with Crippen molar-refractivity contribution >= 4 is 17.8 Å². The van der Waals surface area contributed by atoms with Crippen LogP contribution in [0, 0.1) is 5.41 Å². The summed E-state index contributed by atoms with van der Waals surface area (Å²) >= 11 is 0. The van der Waals surface area contributed by atoms with Gasteiger partial charge in [0.15, 0.2) is 0 Å². The molecule has 1 aliphatic heterocycles. The van der Waals surface area contributed by atoms with Gasteiger partial charge in [-0.1, -0.05) is 0 Å². The first-order valence-corrected chi connectivity index (χ1v) is 7.78. The molecule has 1 aromatic rings. The Balaban J connectivity index is 1.65. The number of ether oxygens (including phenoxy) is 1. The van der Waals surface area contributed by atoms with Crippen molar-refractivity contribution < 1.29 is 19.4 Å². The summed E-state index contributed by atoms with van der Waals surface area (Å²) in [5.41, 5.74) is 0.172. The number of aliphatic carboxylic acids is 1. The molecule has 2 fully saturated rings. The Bertz CT molecular complexity index is 617. The number of hydrogen-bond acceptors (Lipinski definition) is 4. The number of urea groups is 1. The van der Waals surface area contributed by atoms with Crippen molar-refractivity contribution in [3.8, 4) is 0 Å². The summed E-state index contributed by atoms with van der Waals surface area (Å²) in [6.07, 6.45) is 4.45. The number of amides is 2. The second-order valence-electron chi connectivity index (χ2n) is 6.37. The molecule has 124 valence electrons. The molecule has 1 saturated heterocycles. The molecule has 2 amide bonds. The van der Waals surface area contributed by atoms with Crippen LogP contribution in [-0.2, 0) is 9.53 Å². The Morgan fingerprint density at radius 1 is 1.52 bits per heavy atom. The Kier molecular flexibility index (Phi) is 4.21. The van der Waals surface area contributed by atoms with Gasteiger partial charge in [0.05, 0.1) is 6.61 Å². The molecule has 3 rings (SSSR count). The largest absolute Gasteiger partial charge is 0.481 e. The molecule has 7 heteroatoms. The van der Waals surface area contributed by atoms with Crippen LogP contribution in [0.1, 0.15) is 30.7 Å². The number of aromatic nitrogens is 1. The van der Waals surface area contributed by atoms with E-state index in [-0.39, 0.29) is 19.2 Å². The normalized spacial score (nSPS) is 23.8. The minimum atomic E-state index is -1.02. The summed E-state index contributed by atoms with van der Waals surface area (Å²) in [4.78, 5) is 29.6. The lowest BCUT2D eigenvalue weighted by molar-refractivity contribution is -0.151. The van der Waals surface area contributed by atoms with E-state index in [1.807, 2.05) is 12.1 Å². The lowest BCUT2D eigenvalue weighted by Gasteiger charge is -2.23. The van der Waals surface area contributed by atoms with E-state index in [2.05, 4.69) is 10.3 Å². The number of carboxylic acids is 1. The van der Waals surface area contributed by atoms with Gasteiger partial charge < -0.3 is 14.7 Å². The lowest BCUT2D eigenvalue weighted by atomic mass is 9.88. The zero-order valence-corrected chi connectivity index (χ0v) is 13.1. The molecule has 1 aromatic heterocycles. The van der Waals surface area contributed by atoms with E-state index >= 15 is 0 Å². The van der Waals surface area contributed by atoms with Crippen molar-refractivity contribution in [2.45, 2.75) is 25.2 Å². The number of carbonyl (C=O) groups excluding carboxylic acids is 1. The van der Waals surface area contributed by atoms with E-state index in [0.29, 0.717) is 24.7 Å². The van der Waals surface area contributed by atoms with Gasteiger partial charge in [-0.2, -0.15) is 0 Å². The van der Waals surface area contributed by atoms with Crippen LogP contribution in [-0.4, -0.2) is 53.8 Å². The number of nitrogens with zero attached hydrogens (tertiary/aromatic N) is 2. The molecule has 0 bridgehead atoms. The van der Waals surface area contributed by atoms with E-state index < -0.39 is 11.4 Å². The molecule has 1 saturated carbocycles. The van der Waals surface area contributed by atoms with Crippen molar-refractivity contribution in [3.63, 3.8) is 0 Å². The fourth-order valence-corrected chi connectivity index (χ4v) is 3.05. The highest BCUT2D eigenvalue weighted by molar-refractivity contribution is 5.89. The molecule has 2 heterocycles. The van der Waals surface area contributed by atoms with E-state index in [9.17, 15) is 14.7 Å². The summed E-state index contributed by atoms with van der Waals surface area (Å²) in [7, 11) is 1.47. The maximum Gasteiger partial charge on any atom is 0.323 e. The molecule has 1 unspecified atom stereocenters. The van der Waals surface area contributed by atoms with Gasteiger partial charge in [-0.05, 0) is 42.9 Å². The van der Waals surface area contributed by atoms with Crippen molar-refractivity contribution in [1.82, 2.24) is 9.88 Å². The van der Waals surface area contributed by atoms with E-state index in [1.54, 1.807) is 6.20 Å². The Morgan fingerprint density at radius 2 is 2.30 bits per heavy atom. The molecular weight excluding hydrogens is 298 g/mol. The van der Waals surface area contributed by atoms with Crippen LogP contribution in [0.5, 0.6) is 0 Å². The number of anilines is 1. The van der Waals surface area contributed by atoms with Crippen LogP contribution in [0.4, 0.5) is 10.6 Å². The highest BCUT2D eigenvalue weighted by Gasteiger charge is 2.46. The van der Waals surface area contributed by atoms with Gasteiger partial charge in [0, 0.05) is 26.4 Å². The molecule has 2 N–H and O–H groups in total. The number of hydrogen-bond donors (Lipinski definition) is 2. The summed E-state index contributed by atoms with van der Waals surface area (Å²) < 4.78 is 5.03. The molecule has 0 spiro atoms. The van der Waals surface area contributed by atoms with Gasteiger partial charge in [-0.25, -0.2) is 9.78 Å². The van der Waals surface area contributed by atoms with Gasteiger partial charge >= 0.3 is 12.0 Å². The first kappa shape index (κ1) is 15.7. The van der Waals surface area contributed by atoms with Gasteiger partial charge in [-0.15, -0.1) is 0 Å². The molecular formula is C16H21N3O4. The standard InChI is InChI=1S/C16H21N3O4/c1-23-10-16(14(20)21)5-7-19(9-16)15(22)18-13-8-12(4-6-17-13)11-2-3-11/h4,6,8,11H,2-3,5,7,9-10H2,1H3,(H,20,21)(H,17,18,22). The molecule has 2 aliphatic rings. The topological polar surface area (TPSA) is 91.8 Å². The smallest absolute Gasteiger partial charge is 0.323 e. The van der Waals surface area contributed by atoms with Gasteiger partial charge in [0.25, 0.3) is 0 Å². The summed E-state index contributed by atoms with van der Waals surface area (Å²) in [5, 5.41) is 12.2. The van der Waals surface area contributed by atoms with Crippen molar-refractivity contribution in [3.05, 3.63) is 23.9 Å². The van der Waals surface area contributed by atoms with Crippen molar-refractivity contribution in [1.29, 1.82) is 0 Å². The van der Waals surface area contributed by atoms with E-state index in [1.165, 1.54) is 30.4 Å². The number of rotatable bonds is 5. The Hall–Kier alpha value is -2.15. The number of likely N-dealkylation sites (tertiary alicyclic amines) is 1. The molecule has 1 atom stereocenters. The third-order valence-corrected chi connectivity index (χ3v) is 4.58. The van der Waals surface area contributed by atoms with Crippen LogP contribution in [0.2, 0.25) is 0 Å². The molecule has 0 aromatic carbocycles. The number of nitrogens with one attached hydrogen (secondary N) is 1. The summed E-state index contributed by atoms with van der Waals surface area (Å²) in [5.74, 6) is 0.171. The first-order chi connectivity index (χ1) is 11.0. The number of pyridine rings is 1. The third kappa shape index (κ3) is 3.29. The monoisotopic (exact) mass is 319 g/mol. The van der Waals surface area contributed by atoms with E-state index in [0.717, 1.165) is 0 Å². The molecule has 0 radical (unpaired) electrons. The van der Waals surface area contributed by atoms with Crippen molar-refractivity contribution in [2.24, 2.45) is 5.41 Å². The van der Waals surface area contributed by atoms with Crippen LogP contribution < -0.4 is 5.32 Å². The van der Waals surface area contributed by atoms with Crippen LogP contribution in [0.25, 0.3) is 0 Å². The van der Waals surface area contributed by atoms with Crippen LogP contribution in [0.15, 0.2) is 18.3 Å². The number of carbonyl (C=O) groups is 2. The SMILES string of the molecule is COCC1(C(=O)O)CCN(C(=O)Nc2cc(C3CC3)ccn2)C1. The highest BCUT2D eigenvalue weighted by Crippen LogP contribution is 2.40. The quantitative estimate of drug-likeness (QED) is 0.865. The van der Waals surface area contributed by atoms with Gasteiger partial charge in [0.2, 0.25) is 0 Å². The average molecular weight is 319 g/mol. The van der Waals surface area contributed by atoms with Crippen LogP contribution >= 0.6 is 0 Å². The Labute approximate surface area is 134 Å². The number of methoxy groups -OCH3 is 1. The maximum absolute atomic E-state index is 12.4. The lowest BCUT2D eigenvalue weighted by Crippen LogP contribution is -2.41. The molecule has 7 nitrogen and oxygen atoms in total. The number of carboxylic acid groups (broad SMARTS) is 1. The fourth-order valence-electron chi connectivity index (χ4n) is 3.05. The zero-order chi connectivity index (χ0) is 16.4. The maximum atomic E-state index is 12.4. The van der Waals surface area contributed by atoms with Gasteiger partial charge in [-0.3, -0.25) is 10.1 Å². The predicted molar refractivity (Wildman–Crippen MR) is 83.4 cm³/mol. The molecule has 1 aliphatic carbocycles. The average Bonchev–Trinajstić information content (AvgIpc) is 3.28. The predicted octanol–water partition coefficient (Wildman–Crippen LogP) is 1.91. The minimum absolute atomic E-state index is 0.0987. The summed E-state index contributed by atoms with van der Waals surface area (Å²) in [6, 6.07) is 3.55. The second-order valence-corrected chi connectivity index (χ2v) is 6.37. The third-order valence-electron chi connectivity index (χ3n) is 4.58. The summed E-state index contributed by atoms with van der Waals surface area (Å²) in [6.45, 7) is 0.635. The van der Waals surface area contributed by atoms with Crippen LogP contribution in [0.3, 0.4) is 0 Å². The Morgan fingerprint density at radius 3 is 2.96 bits per heavy atom. The van der Waals surface area contributed by atoms with Gasteiger partial charge in [0.1, 0.15) is 11.2 Å². The minimum Gasteiger partial charge on any atom is -0.481 e. The van der Waals surface area contributed by atoms with E-state index in [4.69, 9.17) is 4.74 Å². The second kappa shape index (κ2) is 6.16. The zero-order valence-electron chi connectivity index (χ0n) is 13.1. The van der Waals surface area contributed by atoms with Crippen molar-refractivity contribution in [2.75, 3.05) is 32.1 Å².